The number of nitrogens with zero attached hydrogens (tertiary/aromatic N) is 1. The first kappa shape index (κ1) is 10.1. The maximum atomic E-state index is 8.77. The second kappa shape index (κ2) is 4.32. The Labute approximate surface area is 87.3 Å². The molecule has 0 aliphatic carbocycles. The number of pyridine rings is 1. The highest BCUT2D eigenvalue weighted by Gasteiger charge is 2.06. The Hall–Kier alpha value is 0.0300. The van der Waals surface area contributed by atoms with Gasteiger partial charge in [0, 0.05) is 6.20 Å². The monoisotopic (exact) mass is 294 g/mol. The predicted octanol–water partition coefficient (Wildman–Crippen LogP) is 1.60. The van der Waals surface area contributed by atoms with Gasteiger partial charge in [-0.1, -0.05) is 0 Å². The van der Waals surface area contributed by atoms with Crippen LogP contribution in [0.15, 0.2) is 21.3 Å². The first-order valence-electron chi connectivity index (χ1n) is 3.32. The number of aliphatic hydroxyl groups excluding tert-OH is 1. The van der Waals surface area contributed by atoms with Crippen LogP contribution in [-0.4, -0.2) is 16.7 Å². The number of hydrogen-bond donors (Lipinski definition) is 2. The van der Waals surface area contributed by atoms with E-state index in [0.29, 0.717) is 0 Å². The van der Waals surface area contributed by atoms with E-state index in [-0.39, 0.29) is 12.6 Å². The molecule has 1 rings (SSSR count). The lowest BCUT2D eigenvalue weighted by molar-refractivity contribution is 0.267. The fourth-order valence-corrected chi connectivity index (χ4v) is 1.33. The lowest BCUT2D eigenvalue weighted by Crippen LogP contribution is -2.14. The number of hydrogen-bond acceptors (Lipinski definition) is 3. The molecule has 1 aromatic heterocycles. The maximum Gasteiger partial charge on any atom is 0.120 e. The van der Waals surface area contributed by atoms with E-state index in [9.17, 15) is 0 Å². The van der Waals surface area contributed by atoms with Gasteiger partial charge in [-0.25, -0.2) is 4.98 Å². The molecule has 0 radical (unpaired) electrons. The van der Waals surface area contributed by atoms with Gasteiger partial charge in [0.2, 0.25) is 0 Å². The first-order valence-corrected chi connectivity index (χ1v) is 4.91. The summed E-state index contributed by atoms with van der Waals surface area (Å²) in [6.07, 6.45) is 1.63. The minimum atomic E-state index is -0.359. The maximum absolute atomic E-state index is 8.77. The van der Waals surface area contributed by atoms with E-state index in [1.165, 1.54) is 0 Å². The number of aliphatic hydroxyl groups is 1. The number of rotatable bonds is 2. The summed E-state index contributed by atoms with van der Waals surface area (Å²) in [4.78, 5) is 4.03. The predicted molar refractivity (Wildman–Crippen MR) is 53.7 cm³/mol. The molecule has 0 spiro atoms. The molecular formula is C7H8Br2N2O. The number of aromatic nitrogens is 1. The summed E-state index contributed by atoms with van der Waals surface area (Å²) in [5, 5.41) is 8.77. The average molecular weight is 296 g/mol. The molecule has 1 atom stereocenters. The van der Waals surface area contributed by atoms with Gasteiger partial charge in [-0.2, -0.15) is 0 Å². The quantitative estimate of drug-likeness (QED) is 0.815. The van der Waals surface area contributed by atoms with E-state index in [2.05, 4.69) is 36.8 Å². The molecule has 0 saturated heterocycles. The second-order valence-electron chi connectivity index (χ2n) is 2.33. The Morgan fingerprint density at radius 3 is 2.75 bits per heavy atom. The standard InChI is InChI=1S/C7H8Br2N2O/c8-5-1-4(6(10)3-12)2-11-7(5)9/h1-2,6,12H,3,10H2/t6-/m0/s1. The molecule has 12 heavy (non-hydrogen) atoms. The van der Waals surface area contributed by atoms with Crippen molar-refractivity contribution in [1.82, 2.24) is 4.98 Å². The molecule has 0 aliphatic heterocycles. The fourth-order valence-electron chi connectivity index (χ4n) is 0.744. The van der Waals surface area contributed by atoms with Gasteiger partial charge in [-0.05, 0) is 43.5 Å². The van der Waals surface area contributed by atoms with Crippen LogP contribution in [0.4, 0.5) is 0 Å². The summed E-state index contributed by atoms with van der Waals surface area (Å²) >= 11 is 6.54. The number of halogens is 2. The molecule has 0 aromatic carbocycles. The third-order valence-electron chi connectivity index (χ3n) is 1.44. The van der Waals surface area contributed by atoms with Crippen LogP contribution in [0.2, 0.25) is 0 Å². The van der Waals surface area contributed by atoms with Crippen molar-refractivity contribution in [3.63, 3.8) is 0 Å². The summed E-state index contributed by atoms with van der Waals surface area (Å²) in [7, 11) is 0. The fraction of sp³-hybridized carbons (Fsp3) is 0.286. The van der Waals surface area contributed by atoms with Gasteiger partial charge in [0.05, 0.1) is 17.1 Å². The van der Waals surface area contributed by atoms with Crippen LogP contribution in [0.25, 0.3) is 0 Å². The molecule has 0 unspecified atom stereocenters. The Bertz CT molecular complexity index is 280. The van der Waals surface area contributed by atoms with Crippen LogP contribution in [0.1, 0.15) is 11.6 Å². The van der Waals surface area contributed by atoms with E-state index in [1.54, 1.807) is 6.20 Å². The average Bonchev–Trinajstić information content (AvgIpc) is 2.08. The summed E-state index contributed by atoms with van der Waals surface area (Å²) in [6.45, 7) is -0.0737. The van der Waals surface area contributed by atoms with Crippen LogP contribution in [0.5, 0.6) is 0 Å². The van der Waals surface area contributed by atoms with Gasteiger partial charge in [0.15, 0.2) is 0 Å². The minimum absolute atomic E-state index is 0.0737. The highest BCUT2D eigenvalue weighted by molar-refractivity contribution is 9.13. The molecule has 0 fully saturated rings. The zero-order valence-corrected chi connectivity index (χ0v) is 9.34. The van der Waals surface area contributed by atoms with Crippen molar-refractivity contribution >= 4 is 31.9 Å². The van der Waals surface area contributed by atoms with Gasteiger partial charge in [0.25, 0.3) is 0 Å². The molecule has 66 valence electrons. The Kier molecular flexibility index (Phi) is 3.64. The Morgan fingerprint density at radius 1 is 1.58 bits per heavy atom. The van der Waals surface area contributed by atoms with Gasteiger partial charge in [-0.15, -0.1) is 0 Å². The summed E-state index contributed by atoms with van der Waals surface area (Å²) < 4.78 is 1.57. The molecule has 1 aromatic rings. The summed E-state index contributed by atoms with van der Waals surface area (Å²) in [5.74, 6) is 0. The second-order valence-corrected chi connectivity index (χ2v) is 3.94. The third kappa shape index (κ3) is 2.26. The van der Waals surface area contributed by atoms with E-state index < -0.39 is 0 Å². The van der Waals surface area contributed by atoms with Crippen molar-refractivity contribution in [2.24, 2.45) is 5.73 Å². The molecular weight excluding hydrogens is 288 g/mol. The number of nitrogens with two attached hydrogens (primary N) is 1. The van der Waals surface area contributed by atoms with Crippen LogP contribution in [0, 0.1) is 0 Å². The van der Waals surface area contributed by atoms with Gasteiger partial charge >= 0.3 is 0 Å². The zero-order valence-electron chi connectivity index (χ0n) is 6.17. The van der Waals surface area contributed by atoms with E-state index in [0.717, 1.165) is 14.6 Å². The molecule has 0 saturated carbocycles. The molecule has 3 nitrogen and oxygen atoms in total. The highest BCUT2D eigenvalue weighted by atomic mass is 79.9. The van der Waals surface area contributed by atoms with Crippen molar-refractivity contribution in [2.45, 2.75) is 6.04 Å². The Morgan fingerprint density at radius 2 is 2.25 bits per heavy atom. The molecule has 5 heteroatoms. The zero-order chi connectivity index (χ0) is 9.14. The van der Waals surface area contributed by atoms with E-state index >= 15 is 0 Å². The molecule has 3 N–H and O–H groups in total. The lowest BCUT2D eigenvalue weighted by atomic mass is 10.1. The van der Waals surface area contributed by atoms with Crippen LogP contribution in [-0.2, 0) is 0 Å². The highest BCUT2D eigenvalue weighted by Crippen LogP contribution is 2.22. The largest absolute Gasteiger partial charge is 0.394 e. The van der Waals surface area contributed by atoms with Gasteiger partial charge in [0.1, 0.15) is 4.60 Å². The molecule has 0 bridgehead atoms. The first-order chi connectivity index (χ1) is 5.65. The van der Waals surface area contributed by atoms with Gasteiger partial charge in [-0.3, -0.25) is 0 Å². The normalized spacial score (nSPS) is 13.0. The lowest BCUT2D eigenvalue weighted by Gasteiger charge is -2.08. The van der Waals surface area contributed by atoms with Crippen molar-refractivity contribution in [3.05, 3.63) is 26.9 Å². The molecule has 0 amide bonds. The Balaban J connectivity index is 2.96. The smallest absolute Gasteiger partial charge is 0.120 e. The SMILES string of the molecule is N[C@@H](CO)c1cnc(Br)c(Br)c1. The van der Waals surface area contributed by atoms with Crippen molar-refractivity contribution < 1.29 is 5.11 Å². The molecule has 0 aliphatic rings. The van der Waals surface area contributed by atoms with Gasteiger partial charge < -0.3 is 10.8 Å². The molecule has 1 heterocycles. The van der Waals surface area contributed by atoms with Crippen molar-refractivity contribution in [2.75, 3.05) is 6.61 Å². The topological polar surface area (TPSA) is 59.1 Å². The van der Waals surface area contributed by atoms with Crippen LogP contribution in [0.3, 0.4) is 0 Å². The minimum Gasteiger partial charge on any atom is -0.394 e. The third-order valence-corrected chi connectivity index (χ3v) is 3.21. The van der Waals surface area contributed by atoms with Crippen molar-refractivity contribution in [1.29, 1.82) is 0 Å². The summed E-state index contributed by atoms with van der Waals surface area (Å²) in [5.41, 5.74) is 6.40. The summed E-state index contributed by atoms with van der Waals surface area (Å²) in [6, 6.07) is 1.47. The van der Waals surface area contributed by atoms with E-state index in [1.807, 2.05) is 6.07 Å². The van der Waals surface area contributed by atoms with Crippen LogP contribution < -0.4 is 5.73 Å². The van der Waals surface area contributed by atoms with Crippen LogP contribution >= 0.6 is 31.9 Å². The van der Waals surface area contributed by atoms with E-state index in [4.69, 9.17) is 10.8 Å². The van der Waals surface area contributed by atoms with Crippen molar-refractivity contribution in [3.8, 4) is 0 Å².